The molecule has 1 amide bonds. The minimum Gasteiger partial charge on any atom is -0.480 e. The Kier molecular flexibility index (Phi) is 4.90. The summed E-state index contributed by atoms with van der Waals surface area (Å²) < 4.78 is 6.39. The number of carbonyl (C=O) groups is 2. The number of methoxy groups -OCH3 is 1. The quantitative estimate of drug-likeness (QED) is 0.827. The first kappa shape index (κ1) is 15.7. The number of amides is 1. The van der Waals surface area contributed by atoms with E-state index in [2.05, 4.69) is 10.4 Å². The summed E-state index contributed by atoms with van der Waals surface area (Å²) in [4.78, 5) is 23.5. The fraction of sp³-hybridized carbons (Fsp3) is 0.267. The van der Waals surface area contributed by atoms with E-state index in [1.807, 2.05) is 30.3 Å². The highest BCUT2D eigenvalue weighted by atomic mass is 16.5. The van der Waals surface area contributed by atoms with Gasteiger partial charge < -0.3 is 15.2 Å². The van der Waals surface area contributed by atoms with E-state index >= 15 is 0 Å². The van der Waals surface area contributed by atoms with Crippen molar-refractivity contribution in [3.05, 3.63) is 42.1 Å². The van der Waals surface area contributed by atoms with Gasteiger partial charge in [-0.05, 0) is 0 Å². The molecule has 1 aromatic carbocycles. The molecule has 1 aromatic heterocycles. The van der Waals surface area contributed by atoms with Crippen molar-refractivity contribution in [3.8, 4) is 11.3 Å². The zero-order chi connectivity index (χ0) is 16.1. The zero-order valence-corrected chi connectivity index (χ0v) is 12.3. The van der Waals surface area contributed by atoms with Gasteiger partial charge in [0.2, 0.25) is 0 Å². The van der Waals surface area contributed by atoms with E-state index in [4.69, 9.17) is 9.84 Å². The van der Waals surface area contributed by atoms with E-state index in [0.717, 1.165) is 5.56 Å². The second-order valence-corrected chi connectivity index (χ2v) is 4.72. The molecule has 7 nitrogen and oxygen atoms in total. The number of carboxylic acid groups (broad SMARTS) is 1. The standard InChI is InChI=1S/C15H17N3O4/c1-18-13(10-6-4-3-5-7-10)11(8-16-18)14(19)17-12(9-22-2)15(20)21/h3-8,12H,9H2,1-2H3,(H,17,19)(H,20,21). The van der Waals surface area contributed by atoms with Crippen LogP contribution in [0.2, 0.25) is 0 Å². The average molecular weight is 303 g/mol. The lowest BCUT2D eigenvalue weighted by Gasteiger charge is -2.13. The Morgan fingerprint density at radius 1 is 1.36 bits per heavy atom. The van der Waals surface area contributed by atoms with Crippen LogP contribution < -0.4 is 5.32 Å². The molecule has 0 saturated heterocycles. The molecular formula is C15H17N3O4. The van der Waals surface area contributed by atoms with Gasteiger partial charge in [0.05, 0.1) is 24.1 Å². The molecule has 1 heterocycles. The second-order valence-electron chi connectivity index (χ2n) is 4.72. The first-order valence-corrected chi connectivity index (χ1v) is 6.64. The van der Waals surface area contributed by atoms with Crippen LogP contribution in [0.25, 0.3) is 11.3 Å². The number of nitrogens with zero attached hydrogens (tertiary/aromatic N) is 2. The fourth-order valence-electron chi connectivity index (χ4n) is 2.12. The van der Waals surface area contributed by atoms with Crippen molar-refractivity contribution in [1.29, 1.82) is 0 Å². The van der Waals surface area contributed by atoms with Gasteiger partial charge in [-0.15, -0.1) is 0 Å². The summed E-state index contributed by atoms with van der Waals surface area (Å²) in [5, 5.41) is 15.6. The third-order valence-corrected chi connectivity index (χ3v) is 3.17. The van der Waals surface area contributed by atoms with E-state index in [9.17, 15) is 9.59 Å². The largest absolute Gasteiger partial charge is 0.480 e. The molecule has 0 saturated carbocycles. The predicted octanol–water partition coefficient (Wildman–Crippen LogP) is 0.916. The molecule has 0 radical (unpaired) electrons. The van der Waals surface area contributed by atoms with Crippen molar-refractivity contribution in [2.24, 2.45) is 7.05 Å². The minimum absolute atomic E-state index is 0.109. The second kappa shape index (κ2) is 6.86. The molecule has 0 fully saturated rings. The maximum absolute atomic E-state index is 12.4. The summed E-state index contributed by atoms with van der Waals surface area (Å²) in [5.41, 5.74) is 1.77. The Morgan fingerprint density at radius 2 is 2.05 bits per heavy atom. The topological polar surface area (TPSA) is 93.5 Å². The summed E-state index contributed by atoms with van der Waals surface area (Å²) in [6.45, 7) is -0.109. The smallest absolute Gasteiger partial charge is 0.328 e. The Hall–Kier alpha value is -2.67. The van der Waals surface area contributed by atoms with Crippen molar-refractivity contribution in [1.82, 2.24) is 15.1 Å². The van der Waals surface area contributed by atoms with Crippen molar-refractivity contribution >= 4 is 11.9 Å². The monoisotopic (exact) mass is 303 g/mol. The molecule has 0 aliphatic carbocycles. The lowest BCUT2D eigenvalue weighted by atomic mass is 10.1. The van der Waals surface area contributed by atoms with Crippen molar-refractivity contribution in [2.75, 3.05) is 13.7 Å². The molecule has 1 atom stereocenters. The Morgan fingerprint density at radius 3 is 2.64 bits per heavy atom. The first-order chi connectivity index (χ1) is 10.5. The summed E-state index contributed by atoms with van der Waals surface area (Å²) in [7, 11) is 3.10. The number of nitrogens with one attached hydrogen (secondary N) is 1. The van der Waals surface area contributed by atoms with Gasteiger partial charge in [0.15, 0.2) is 6.04 Å². The molecule has 2 rings (SSSR count). The average Bonchev–Trinajstić information content (AvgIpc) is 2.89. The number of aromatic nitrogens is 2. The highest BCUT2D eigenvalue weighted by molar-refractivity contribution is 6.01. The number of rotatable bonds is 6. The third-order valence-electron chi connectivity index (χ3n) is 3.17. The van der Waals surface area contributed by atoms with Gasteiger partial charge in [-0.1, -0.05) is 30.3 Å². The van der Waals surface area contributed by atoms with Gasteiger partial charge >= 0.3 is 5.97 Å². The Bertz CT molecular complexity index is 667. The van der Waals surface area contributed by atoms with Crippen LogP contribution in [0.15, 0.2) is 36.5 Å². The molecule has 22 heavy (non-hydrogen) atoms. The van der Waals surface area contributed by atoms with Crippen LogP contribution in [0.5, 0.6) is 0 Å². The summed E-state index contributed by atoms with van der Waals surface area (Å²) >= 11 is 0. The number of aliphatic carboxylic acids is 1. The van der Waals surface area contributed by atoms with Gasteiger partial charge in [-0.2, -0.15) is 5.10 Å². The third kappa shape index (κ3) is 3.32. The SMILES string of the molecule is COCC(NC(=O)c1cnn(C)c1-c1ccccc1)C(=O)O. The summed E-state index contributed by atoms with van der Waals surface area (Å²) in [6.07, 6.45) is 1.42. The molecule has 0 spiro atoms. The lowest BCUT2D eigenvalue weighted by Crippen LogP contribution is -2.43. The van der Waals surface area contributed by atoms with Gasteiger partial charge in [-0.3, -0.25) is 9.48 Å². The number of ether oxygens (including phenoxy) is 1. The van der Waals surface area contributed by atoms with Crippen LogP contribution >= 0.6 is 0 Å². The van der Waals surface area contributed by atoms with Crippen LogP contribution in [-0.2, 0) is 16.6 Å². The maximum atomic E-state index is 12.4. The molecular weight excluding hydrogens is 286 g/mol. The van der Waals surface area contributed by atoms with E-state index in [1.165, 1.54) is 13.3 Å². The van der Waals surface area contributed by atoms with Gasteiger partial charge in [0.25, 0.3) is 5.91 Å². The van der Waals surface area contributed by atoms with Crippen LogP contribution in [0.1, 0.15) is 10.4 Å². The Labute approximate surface area is 127 Å². The highest BCUT2D eigenvalue weighted by Crippen LogP contribution is 2.22. The highest BCUT2D eigenvalue weighted by Gasteiger charge is 2.24. The van der Waals surface area contributed by atoms with Crippen molar-refractivity contribution < 1.29 is 19.4 Å². The molecule has 0 aliphatic heterocycles. The number of hydrogen-bond donors (Lipinski definition) is 2. The van der Waals surface area contributed by atoms with Crippen LogP contribution in [0.4, 0.5) is 0 Å². The molecule has 0 bridgehead atoms. The summed E-state index contributed by atoms with van der Waals surface area (Å²) in [5.74, 6) is -1.66. The number of carboxylic acids is 1. The number of aryl methyl sites for hydroxylation is 1. The number of benzene rings is 1. The lowest BCUT2D eigenvalue weighted by molar-refractivity contribution is -0.140. The van der Waals surface area contributed by atoms with Crippen LogP contribution in [-0.4, -0.2) is 46.5 Å². The number of hydrogen-bond acceptors (Lipinski definition) is 4. The zero-order valence-electron chi connectivity index (χ0n) is 12.3. The van der Waals surface area contributed by atoms with Crippen molar-refractivity contribution in [3.63, 3.8) is 0 Å². The van der Waals surface area contributed by atoms with Crippen molar-refractivity contribution in [2.45, 2.75) is 6.04 Å². The van der Waals surface area contributed by atoms with E-state index < -0.39 is 17.9 Å². The summed E-state index contributed by atoms with van der Waals surface area (Å²) in [6, 6.07) is 8.19. The molecule has 7 heteroatoms. The minimum atomic E-state index is -1.15. The predicted molar refractivity (Wildman–Crippen MR) is 79.4 cm³/mol. The molecule has 116 valence electrons. The number of carbonyl (C=O) groups excluding carboxylic acids is 1. The van der Waals surface area contributed by atoms with Gasteiger partial charge in [0, 0.05) is 19.7 Å². The normalized spacial score (nSPS) is 11.9. The molecule has 2 aromatic rings. The van der Waals surface area contributed by atoms with E-state index in [1.54, 1.807) is 11.7 Å². The first-order valence-electron chi connectivity index (χ1n) is 6.64. The van der Waals surface area contributed by atoms with Crippen LogP contribution in [0, 0.1) is 0 Å². The van der Waals surface area contributed by atoms with Gasteiger partial charge in [0.1, 0.15) is 0 Å². The molecule has 0 aliphatic rings. The van der Waals surface area contributed by atoms with Gasteiger partial charge in [-0.25, -0.2) is 4.79 Å². The molecule has 2 N–H and O–H groups in total. The molecule has 1 unspecified atom stereocenters. The van der Waals surface area contributed by atoms with Crippen LogP contribution in [0.3, 0.4) is 0 Å². The fourth-order valence-corrected chi connectivity index (χ4v) is 2.12. The van der Waals surface area contributed by atoms with E-state index in [0.29, 0.717) is 11.3 Å². The Balaban J connectivity index is 2.30. The maximum Gasteiger partial charge on any atom is 0.328 e. The van der Waals surface area contributed by atoms with E-state index in [-0.39, 0.29) is 6.61 Å².